The maximum atomic E-state index is 3.64. The van der Waals surface area contributed by atoms with Crippen molar-refractivity contribution in [3.63, 3.8) is 0 Å². The SMILES string of the molecule is [CH2-]C(C)C.[CH2-]C(C)C.[CH3-].[CH3-].[Zr+4]. The van der Waals surface area contributed by atoms with Crippen molar-refractivity contribution >= 4 is 0 Å². The van der Waals surface area contributed by atoms with Crippen LogP contribution >= 0.6 is 0 Å². The molecule has 0 rings (SSSR count). The van der Waals surface area contributed by atoms with Gasteiger partial charge >= 0.3 is 26.2 Å². The molecule has 0 saturated heterocycles. The van der Waals surface area contributed by atoms with Gasteiger partial charge in [0.25, 0.3) is 0 Å². The summed E-state index contributed by atoms with van der Waals surface area (Å²) in [7, 11) is 0. The first kappa shape index (κ1) is 29.7. The molecule has 0 amide bonds. The molecule has 0 nitrogen and oxygen atoms in total. The van der Waals surface area contributed by atoms with Gasteiger partial charge in [-0.1, -0.05) is 27.7 Å². The maximum absolute atomic E-state index is 3.64. The third kappa shape index (κ3) is 1100. The van der Waals surface area contributed by atoms with Gasteiger partial charge in [0.1, 0.15) is 0 Å². The summed E-state index contributed by atoms with van der Waals surface area (Å²) in [6, 6.07) is 0. The van der Waals surface area contributed by atoms with E-state index in [1.165, 1.54) is 0 Å². The average molecular weight is 236 g/mol. The molecule has 0 spiro atoms. The van der Waals surface area contributed by atoms with Crippen LogP contribution in [0.15, 0.2) is 0 Å². The van der Waals surface area contributed by atoms with Gasteiger partial charge in [0.05, 0.1) is 0 Å². The molecule has 0 aliphatic carbocycles. The molecule has 0 bridgehead atoms. The summed E-state index contributed by atoms with van der Waals surface area (Å²) in [5.41, 5.74) is 0. The fraction of sp³-hybridized carbons (Fsp3) is 0.600. The molecule has 1 heteroatoms. The van der Waals surface area contributed by atoms with E-state index < -0.39 is 0 Å². The Morgan fingerprint density at radius 3 is 0.727 bits per heavy atom. The average Bonchev–Trinajstić information content (AvgIpc) is 1.25. The molecule has 0 aromatic carbocycles. The molecule has 0 heterocycles. The Labute approximate surface area is 94.3 Å². The number of rotatable bonds is 0. The first-order chi connectivity index (χ1) is 3.46. The molecule has 11 heavy (non-hydrogen) atoms. The van der Waals surface area contributed by atoms with Crippen molar-refractivity contribution in [3.05, 3.63) is 28.7 Å². The Hall–Kier alpha value is 0.883. The van der Waals surface area contributed by atoms with Crippen molar-refractivity contribution in [3.8, 4) is 0 Å². The molecule has 0 N–H and O–H groups in total. The Kier molecular flexibility index (Phi) is 60.6. The smallest absolute Gasteiger partial charge is 0.358 e. The topological polar surface area (TPSA) is 0 Å². The van der Waals surface area contributed by atoms with E-state index in [-0.39, 0.29) is 41.1 Å². The van der Waals surface area contributed by atoms with E-state index in [0.717, 1.165) is 0 Å². The zero-order valence-electron chi connectivity index (χ0n) is 9.07. The van der Waals surface area contributed by atoms with Gasteiger partial charge in [-0.3, -0.25) is 0 Å². The van der Waals surface area contributed by atoms with Crippen LogP contribution in [0.2, 0.25) is 0 Å². The van der Waals surface area contributed by atoms with Gasteiger partial charge in [-0.05, 0) is 0 Å². The van der Waals surface area contributed by atoms with E-state index in [1.54, 1.807) is 0 Å². The van der Waals surface area contributed by atoms with Crippen LogP contribution in [0.25, 0.3) is 0 Å². The minimum atomic E-state index is 0. The van der Waals surface area contributed by atoms with Crippen molar-refractivity contribution < 1.29 is 26.2 Å². The van der Waals surface area contributed by atoms with Crippen LogP contribution in [-0.2, 0) is 26.2 Å². The maximum Gasteiger partial charge on any atom is 4.00 e. The zero-order valence-corrected chi connectivity index (χ0v) is 11.5. The van der Waals surface area contributed by atoms with E-state index in [0.29, 0.717) is 11.8 Å². The predicted octanol–water partition coefficient (Wildman–Crippen LogP) is 3.85. The minimum absolute atomic E-state index is 0. The van der Waals surface area contributed by atoms with Gasteiger partial charge in [-0.2, -0.15) is 11.8 Å². The molecule has 0 saturated carbocycles. The normalized spacial score (nSPS) is 6.55. The monoisotopic (exact) mass is 234 g/mol. The van der Waals surface area contributed by atoms with E-state index in [2.05, 4.69) is 41.5 Å². The fourth-order valence-electron chi connectivity index (χ4n) is 0. The molecule has 68 valence electrons. The molecule has 0 aromatic rings. The Morgan fingerprint density at radius 1 is 0.727 bits per heavy atom. The van der Waals surface area contributed by atoms with Gasteiger partial charge in [-0.15, -0.1) is 0 Å². The molecular weight excluding hydrogens is 211 g/mol. The van der Waals surface area contributed by atoms with Crippen LogP contribution in [0.4, 0.5) is 0 Å². The third-order valence-electron chi connectivity index (χ3n) is 0. The van der Waals surface area contributed by atoms with Crippen LogP contribution in [-0.4, -0.2) is 0 Å². The summed E-state index contributed by atoms with van der Waals surface area (Å²) < 4.78 is 0. The Balaban J connectivity index is -0.0000000171. The van der Waals surface area contributed by atoms with Crippen molar-refractivity contribution in [1.82, 2.24) is 0 Å². The summed E-state index contributed by atoms with van der Waals surface area (Å²) >= 11 is 0. The summed E-state index contributed by atoms with van der Waals surface area (Å²) in [5, 5.41) is 0. The van der Waals surface area contributed by atoms with Crippen LogP contribution in [0.1, 0.15) is 27.7 Å². The van der Waals surface area contributed by atoms with Crippen molar-refractivity contribution in [2.45, 2.75) is 27.7 Å². The van der Waals surface area contributed by atoms with Crippen LogP contribution in [0.3, 0.4) is 0 Å². The second kappa shape index (κ2) is 22.4. The van der Waals surface area contributed by atoms with E-state index in [4.69, 9.17) is 0 Å². The van der Waals surface area contributed by atoms with Crippen molar-refractivity contribution in [2.24, 2.45) is 11.8 Å². The quantitative estimate of drug-likeness (QED) is 0.560. The van der Waals surface area contributed by atoms with E-state index in [1.807, 2.05) is 0 Å². The molecule has 0 radical (unpaired) electrons. The van der Waals surface area contributed by atoms with Crippen molar-refractivity contribution in [1.29, 1.82) is 0 Å². The number of hydrogen-bond acceptors (Lipinski definition) is 0. The van der Waals surface area contributed by atoms with Crippen LogP contribution < -0.4 is 0 Å². The van der Waals surface area contributed by atoms with Crippen LogP contribution in [0.5, 0.6) is 0 Å². The van der Waals surface area contributed by atoms with Gasteiger partial charge in [-0.25, -0.2) is 0 Å². The largest absolute Gasteiger partial charge is 4.00 e. The first-order valence-electron chi connectivity index (χ1n) is 3.13. The molecule has 0 aliphatic rings. The van der Waals surface area contributed by atoms with Gasteiger partial charge in [0, 0.05) is 0 Å². The van der Waals surface area contributed by atoms with E-state index in [9.17, 15) is 0 Å². The molecule has 0 aromatic heterocycles. The first-order valence-corrected chi connectivity index (χ1v) is 3.13. The molecular formula is C10H24Zr. The fourth-order valence-corrected chi connectivity index (χ4v) is 0. The van der Waals surface area contributed by atoms with Gasteiger partial charge in [0.15, 0.2) is 0 Å². The third-order valence-corrected chi connectivity index (χ3v) is 0. The second-order valence-electron chi connectivity index (χ2n) is 2.79. The Bertz CT molecular complexity index is 20.3. The molecule has 0 fully saturated rings. The predicted molar refractivity (Wildman–Crippen MR) is 53.2 cm³/mol. The molecule has 0 atom stereocenters. The van der Waals surface area contributed by atoms with Crippen LogP contribution in [0, 0.1) is 40.5 Å². The van der Waals surface area contributed by atoms with Crippen molar-refractivity contribution in [2.75, 3.05) is 0 Å². The van der Waals surface area contributed by atoms with Gasteiger partial charge in [0.2, 0.25) is 0 Å². The summed E-state index contributed by atoms with van der Waals surface area (Å²) in [6.07, 6.45) is 0. The molecule has 0 aliphatic heterocycles. The Morgan fingerprint density at radius 2 is 0.727 bits per heavy atom. The van der Waals surface area contributed by atoms with E-state index >= 15 is 0 Å². The second-order valence-corrected chi connectivity index (χ2v) is 2.79. The molecule has 0 unspecified atom stereocenters. The summed E-state index contributed by atoms with van der Waals surface area (Å²) in [4.78, 5) is 0. The van der Waals surface area contributed by atoms with Gasteiger partial charge < -0.3 is 28.7 Å². The minimum Gasteiger partial charge on any atom is -0.358 e. The zero-order chi connectivity index (χ0) is 7.15. The number of hydrogen-bond donors (Lipinski definition) is 0. The standard InChI is InChI=1S/2C4H9.2CH3.Zr/c2*1-4(2)3;;;/h2*4H,1H2,2-3H3;2*1H3;/q4*-1;+4. The summed E-state index contributed by atoms with van der Waals surface area (Å²) in [6.45, 7) is 15.5. The summed E-state index contributed by atoms with van der Waals surface area (Å²) in [5.74, 6) is 1.17.